The van der Waals surface area contributed by atoms with Crippen LogP contribution < -0.4 is 4.72 Å². The van der Waals surface area contributed by atoms with E-state index in [0.717, 1.165) is 18.4 Å². The van der Waals surface area contributed by atoms with Crippen molar-refractivity contribution in [2.75, 3.05) is 12.3 Å². The summed E-state index contributed by atoms with van der Waals surface area (Å²) in [7, 11) is -3.70. The van der Waals surface area contributed by atoms with Gasteiger partial charge in [0.25, 0.3) is 11.8 Å². The summed E-state index contributed by atoms with van der Waals surface area (Å²) in [6, 6.07) is 17.5. The van der Waals surface area contributed by atoms with Gasteiger partial charge in [0.15, 0.2) is 0 Å². The smallest absolute Gasteiger partial charge is 0.259 e. The van der Waals surface area contributed by atoms with Gasteiger partial charge in [0.05, 0.1) is 5.75 Å². The second kappa shape index (κ2) is 9.64. The lowest BCUT2D eigenvalue weighted by Crippen LogP contribution is -2.68. The second-order valence-corrected chi connectivity index (χ2v) is 10.1. The van der Waals surface area contributed by atoms with Crippen molar-refractivity contribution < 1.29 is 18.0 Å². The van der Waals surface area contributed by atoms with E-state index in [1.807, 2.05) is 43.3 Å². The summed E-state index contributed by atoms with van der Waals surface area (Å²) < 4.78 is 26.5. The molecule has 1 atom stereocenters. The van der Waals surface area contributed by atoms with Gasteiger partial charge >= 0.3 is 0 Å². The zero-order valence-corrected chi connectivity index (χ0v) is 19.0. The Morgan fingerprint density at radius 1 is 1.03 bits per heavy atom. The second-order valence-electron chi connectivity index (χ2n) is 8.23. The van der Waals surface area contributed by atoms with Crippen LogP contribution in [0.2, 0.25) is 0 Å². The highest BCUT2D eigenvalue weighted by Crippen LogP contribution is 2.33. The van der Waals surface area contributed by atoms with Crippen molar-refractivity contribution in [1.29, 1.82) is 0 Å². The Morgan fingerprint density at radius 2 is 1.71 bits per heavy atom. The van der Waals surface area contributed by atoms with Crippen LogP contribution >= 0.6 is 0 Å². The van der Waals surface area contributed by atoms with E-state index in [9.17, 15) is 18.0 Å². The molecule has 1 aliphatic heterocycles. The lowest BCUT2D eigenvalue weighted by Gasteiger charge is -2.49. The monoisotopic (exact) mass is 442 g/mol. The Kier molecular flexibility index (Phi) is 7.15. The van der Waals surface area contributed by atoms with Crippen LogP contribution in [0.25, 0.3) is 0 Å². The van der Waals surface area contributed by atoms with Gasteiger partial charge < -0.3 is 4.90 Å². The van der Waals surface area contributed by atoms with Gasteiger partial charge in [-0.25, -0.2) is 8.42 Å². The van der Waals surface area contributed by atoms with Crippen LogP contribution in [0.5, 0.6) is 0 Å². The molecule has 2 amide bonds. The van der Waals surface area contributed by atoms with Crippen molar-refractivity contribution in [2.24, 2.45) is 0 Å². The minimum atomic E-state index is -3.70. The summed E-state index contributed by atoms with van der Waals surface area (Å²) >= 11 is 0. The standard InChI is InChI=1S/C24H30N2O4S/c1-3-4-18-31(29,30)25-23(28)24(2)16-17-26(24)22(27)21-13-9-8-12-20(21)15-14-19-10-6-5-7-11-19/h5-13H,3-4,14-18H2,1-2H3,(H,25,28). The fourth-order valence-electron chi connectivity index (χ4n) is 3.77. The number of nitrogens with zero attached hydrogens (tertiary/aromatic N) is 1. The molecule has 3 rings (SSSR count). The van der Waals surface area contributed by atoms with Crippen LogP contribution in [0.15, 0.2) is 54.6 Å². The minimum absolute atomic E-state index is 0.0956. The minimum Gasteiger partial charge on any atom is -0.324 e. The number of hydrogen-bond donors (Lipinski definition) is 1. The van der Waals surface area contributed by atoms with Crippen LogP contribution in [0.3, 0.4) is 0 Å². The van der Waals surface area contributed by atoms with Gasteiger partial charge in [0.1, 0.15) is 5.54 Å². The lowest BCUT2D eigenvalue weighted by molar-refractivity contribution is -0.135. The third-order valence-corrected chi connectivity index (χ3v) is 7.26. The Labute approximate surface area is 184 Å². The van der Waals surface area contributed by atoms with E-state index in [0.29, 0.717) is 31.4 Å². The first-order chi connectivity index (χ1) is 14.8. The Hall–Kier alpha value is -2.67. The Bertz CT molecular complexity index is 1040. The lowest BCUT2D eigenvalue weighted by atomic mass is 9.84. The molecule has 166 valence electrons. The van der Waals surface area contributed by atoms with Gasteiger partial charge in [0.2, 0.25) is 10.0 Å². The predicted octanol–water partition coefficient (Wildman–Crippen LogP) is 3.32. The third kappa shape index (κ3) is 5.34. The zero-order chi connectivity index (χ0) is 22.5. The molecule has 0 radical (unpaired) electrons. The van der Waals surface area contributed by atoms with Crippen LogP contribution in [-0.2, 0) is 27.7 Å². The van der Waals surface area contributed by atoms with Gasteiger partial charge in [-0.2, -0.15) is 0 Å². The normalized spacial score (nSPS) is 18.3. The number of benzene rings is 2. The van der Waals surface area contributed by atoms with Gasteiger partial charge in [-0.05, 0) is 49.8 Å². The fraction of sp³-hybridized carbons (Fsp3) is 0.417. The first-order valence-electron chi connectivity index (χ1n) is 10.8. The molecule has 7 heteroatoms. The Balaban J connectivity index is 1.73. The summed E-state index contributed by atoms with van der Waals surface area (Å²) in [5, 5.41) is 0. The van der Waals surface area contributed by atoms with Crippen LogP contribution in [-0.4, -0.2) is 43.0 Å². The molecule has 2 aromatic rings. The number of sulfonamides is 1. The van der Waals surface area contributed by atoms with Gasteiger partial charge in [-0.1, -0.05) is 61.9 Å². The number of nitrogens with one attached hydrogen (secondary N) is 1. The SMILES string of the molecule is CCCCS(=O)(=O)NC(=O)C1(C)CCN1C(=O)c1ccccc1CCc1ccccc1. The molecule has 0 aromatic heterocycles. The predicted molar refractivity (Wildman–Crippen MR) is 121 cm³/mol. The highest BCUT2D eigenvalue weighted by Gasteiger charge is 2.50. The number of rotatable bonds is 9. The molecule has 6 nitrogen and oxygen atoms in total. The number of hydrogen-bond acceptors (Lipinski definition) is 4. The molecule has 1 saturated heterocycles. The fourth-order valence-corrected chi connectivity index (χ4v) is 5.05. The molecule has 1 aliphatic rings. The van der Waals surface area contributed by atoms with Crippen molar-refractivity contribution >= 4 is 21.8 Å². The van der Waals surface area contributed by atoms with E-state index in [2.05, 4.69) is 16.9 Å². The van der Waals surface area contributed by atoms with Gasteiger partial charge in [-0.3, -0.25) is 14.3 Å². The largest absolute Gasteiger partial charge is 0.324 e. The van der Waals surface area contributed by atoms with Crippen molar-refractivity contribution in [3.63, 3.8) is 0 Å². The Morgan fingerprint density at radius 3 is 2.35 bits per heavy atom. The van der Waals surface area contributed by atoms with E-state index < -0.39 is 21.5 Å². The molecule has 0 bridgehead atoms. The summed E-state index contributed by atoms with van der Waals surface area (Å²) in [5.74, 6) is -0.967. The van der Waals surface area contributed by atoms with Crippen molar-refractivity contribution in [3.05, 3.63) is 71.3 Å². The summed E-state index contributed by atoms with van der Waals surface area (Å²) in [6.07, 6.45) is 3.14. The van der Waals surface area contributed by atoms with Crippen molar-refractivity contribution in [1.82, 2.24) is 9.62 Å². The molecule has 31 heavy (non-hydrogen) atoms. The number of amides is 2. The summed E-state index contributed by atoms with van der Waals surface area (Å²) in [5.41, 5.74) is 1.51. The molecular weight excluding hydrogens is 412 g/mol. The maximum atomic E-state index is 13.3. The molecule has 0 aliphatic carbocycles. The van der Waals surface area contributed by atoms with Crippen LogP contribution in [0, 0.1) is 0 Å². The molecule has 1 heterocycles. The van der Waals surface area contributed by atoms with E-state index in [1.165, 1.54) is 10.5 Å². The van der Waals surface area contributed by atoms with E-state index in [4.69, 9.17) is 0 Å². The average Bonchev–Trinajstić information content (AvgIpc) is 2.75. The zero-order valence-electron chi connectivity index (χ0n) is 18.1. The first-order valence-corrected chi connectivity index (χ1v) is 12.4. The quantitative estimate of drug-likeness (QED) is 0.646. The van der Waals surface area contributed by atoms with Crippen LogP contribution in [0.4, 0.5) is 0 Å². The molecule has 0 saturated carbocycles. The maximum Gasteiger partial charge on any atom is 0.259 e. The van der Waals surface area contributed by atoms with E-state index in [1.54, 1.807) is 13.0 Å². The highest BCUT2D eigenvalue weighted by atomic mass is 32.2. The molecule has 1 unspecified atom stereocenters. The number of carbonyl (C=O) groups is 2. The highest BCUT2D eigenvalue weighted by molar-refractivity contribution is 7.90. The van der Waals surface area contributed by atoms with Gasteiger partial charge in [0, 0.05) is 12.1 Å². The van der Waals surface area contributed by atoms with Crippen LogP contribution in [0.1, 0.15) is 54.6 Å². The van der Waals surface area contributed by atoms with E-state index >= 15 is 0 Å². The topological polar surface area (TPSA) is 83.6 Å². The van der Waals surface area contributed by atoms with Crippen molar-refractivity contribution in [2.45, 2.75) is 51.5 Å². The molecular formula is C24H30N2O4S. The average molecular weight is 443 g/mol. The van der Waals surface area contributed by atoms with E-state index in [-0.39, 0.29) is 11.7 Å². The maximum absolute atomic E-state index is 13.3. The summed E-state index contributed by atoms with van der Waals surface area (Å²) in [4.78, 5) is 27.6. The van der Waals surface area contributed by atoms with Crippen molar-refractivity contribution in [3.8, 4) is 0 Å². The number of carbonyl (C=O) groups excluding carboxylic acids is 2. The number of likely N-dealkylation sites (tertiary alicyclic amines) is 1. The third-order valence-electron chi connectivity index (χ3n) is 5.94. The number of unbranched alkanes of at least 4 members (excludes halogenated alkanes) is 1. The molecule has 2 aromatic carbocycles. The number of aryl methyl sites for hydroxylation is 2. The summed E-state index contributed by atoms with van der Waals surface area (Å²) in [6.45, 7) is 3.94. The molecule has 0 spiro atoms. The molecule has 1 fully saturated rings. The van der Waals surface area contributed by atoms with Gasteiger partial charge in [-0.15, -0.1) is 0 Å². The first kappa shape index (κ1) is 23.0. The molecule has 1 N–H and O–H groups in total.